The van der Waals surface area contributed by atoms with Crippen LogP contribution >= 0.6 is 23.1 Å². The van der Waals surface area contributed by atoms with Crippen LogP contribution in [0.5, 0.6) is 0 Å². The summed E-state index contributed by atoms with van der Waals surface area (Å²) in [7, 11) is 0. The Labute approximate surface area is 242 Å². The summed E-state index contributed by atoms with van der Waals surface area (Å²) in [6.45, 7) is 2.19. The summed E-state index contributed by atoms with van der Waals surface area (Å²) in [5, 5.41) is 21.1. The number of thioether (sulfide) groups is 1. The van der Waals surface area contributed by atoms with E-state index in [1.165, 1.54) is 46.3 Å². The third-order valence-electron chi connectivity index (χ3n) is 6.00. The number of nitro groups is 1. The van der Waals surface area contributed by atoms with E-state index >= 15 is 0 Å². The lowest BCUT2D eigenvalue weighted by Crippen LogP contribution is -2.70. The molecule has 0 spiro atoms. The smallest absolute Gasteiger partial charge is 0.355 e. The predicted molar refractivity (Wildman–Crippen MR) is 150 cm³/mol. The number of rotatable bonds is 14. The van der Waals surface area contributed by atoms with Gasteiger partial charge in [-0.25, -0.2) is 9.78 Å². The second-order valence-corrected chi connectivity index (χ2v) is 10.8. The maximum atomic E-state index is 13.2. The number of esters is 1. The quantitative estimate of drug-likeness (QED) is 0.0620. The topological polar surface area (TPSA) is 182 Å². The lowest BCUT2D eigenvalue weighted by molar-refractivity contribution is -0.384. The van der Waals surface area contributed by atoms with Crippen LogP contribution < -0.4 is 10.6 Å². The van der Waals surface area contributed by atoms with Gasteiger partial charge in [-0.1, -0.05) is 24.9 Å². The van der Waals surface area contributed by atoms with Crippen molar-refractivity contribution >= 4 is 63.8 Å². The Bertz CT molecular complexity index is 1380. The second-order valence-electron chi connectivity index (χ2n) is 8.75. The van der Waals surface area contributed by atoms with Crippen molar-refractivity contribution in [2.75, 3.05) is 17.7 Å². The van der Waals surface area contributed by atoms with Crippen LogP contribution in [-0.4, -0.2) is 68.5 Å². The number of benzene rings is 1. The molecule has 16 heteroatoms. The normalized spacial score (nSPS) is 18.0. The van der Waals surface area contributed by atoms with Crippen molar-refractivity contribution in [3.63, 3.8) is 0 Å². The third-order valence-corrected chi connectivity index (χ3v) is 7.96. The highest BCUT2D eigenvalue weighted by Crippen LogP contribution is 2.38. The van der Waals surface area contributed by atoms with Gasteiger partial charge in [-0.05, 0) is 30.2 Å². The van der Waals surface area contributed by atoms with E-state index in [0.717, 1.165) is 30.6 Å². The first-order valence-electron chi connectivity index (χ1n) is 12.6. The zero-order valence-corrected chi connectivity index (χ0v) is 23.4. The molecule has 2 aliphatic rings. The molecule has 216 valence electrons. The third kappa shape index (κ3) is 7.07. The lowest BCUT2D eigenvalue weighted by Gasteiger charge is -2.48. The maximum Gasteiger partial charge on any atom is 0.355 e. The molecule has 1 aromatic heterocycles. The molecule has 1 unspecified atom stereocenters. The fourth-order valence-electron chi connectivity index (χ4n) is 3.91. The molecule has 2 atom stereocenters. The van der Waals surface area contributed by atoms with E-state index < -0.39 is 34.1 Å². The van der Waals surface area contributed by atoms with Crippen molar-refractivity contribution in [3.05, 3.63) is 62.8 Å². The molecule has 41 heavy (non-hydrogen) atoms. The van der Waals surface area contributed by atoms with Crippen LogP contribution in [0.4, 0.5) is 10.8 Å². The number of oxime groups is 1. The van der Waals surface area contributed by atoms with E-state index in [-0.39, 0.29) is 34.5 Å². The molecule has 0 saturated carbocycles. The minimum absolute atomic E-state index is 0.0587. The molecule has 0 bridgehead atoms. The van der Waals surface area contributed by atoms with Crippen molar-refractivity contribution in [2.24, 2.45) is 5.16 Å². The van der Waals surface area contributed by atoms with Gasteiger partial charge in [0.25, 0.3) is 17.5 Å². The van der Waals surface area contributed by atoms with Crippen LogP contribution in [0.2, 0.25) is 0 Å². The zero-order chi connectivity index (χ0) is 29.4. The van der Waals surface area contributed by atoms with Crippen LogP contribution in [0.1, 0.15) is 37.4 Å². The Morgan fingerprint density at radius 1 is 1.29 bits per heavy atom. The molecule has 1 saturated heterocycles. The van der Waals surface area contributed by atoms with Gasteiger partial charge in [0, 0.05) is 23.3 Å². The maximum absolute atomic E-state index is 13.2. The molecular weight excluding hydrogens is 576 g/mol. The van der Waals surface area contributed by atoms with E-state index in [0.29, 0.717) is 24.3 Å². The van der Waals surface area contributed by atoms with Gasteiger partial charge >= 0.3 is 5.97 Å². The summed E-state index contributed by atoms with van der Waals surface area (Å²) >= 11 is 2.46. The number of carbonyl (C=O) groups excluding carboxylic acids is 4. The Hall–Kier alpha value is -4.31. The summed E-state index contributed by atoms with van der Waals surface area (Å²) in [4.78, 5) is 70.9. The van der Waals surface area contributed by atoms with Crippen LogP contribution in [0.3, 0.4) is 0 Å². The molecule has 1 fully saturated rings. The first-order chi connectivity index (χ1) is 19.8. The van der Waals surface area contributed by atoms with E-state index in [1.54, 1.807) is 6.08 Å². The molecule has 3 heterocycles. The van der Waals surface area contributed by atoms with Crippen LogP contribution in [0.25, 0.3) is 0 Å². The highest BCUT2D eigenvalue weighted by molar-refractivity contribution is 8.00. The molecule has 1 aromatic carbocycles. The first-order valence-corrected chi connectivity index (χ1v) is 14.5. The number of aromatic nitrogens is 1. The van der Waals surface area contributed by atoms with Gasteiger partial charge in [-0.15, -0.1) is 23.1 Å². The number of ether oxygens (including phenoxy) is 1. The van der Waals surface area contributed by atoms with Crippen molar-refractivity contribution in [1.82, 2.24) is 15.2 Å². The summed E-state index contributed by atoms with van der Waals surface area (Å²) in [5.41, 5.74) is 0.537. The van der Waals surface area contributed by atoms with Gasteiger partial charge in [0.15, 0.2) is 10.8 Å². The average Bonchev–Trinajstić information content (AvgIpc) is 3.44. The monoisotopic (exact) mass is 602 g/mol. The van der Waals surface area contributed by atoms with Crippen molar-refractivity contribution < 1.29 is 33.7 Å². The number of β-lactam (4-membered cyclic amide) rings is 1. The fourth-order valence-corrected chi connectivity index (χ4v) is 5.76. The van der Waals surface area contributed by atoms with Gasteiger partial charge in [-0.3, -0.25) is 29.4 Å². The second kappa shape index (κ2) is 13.8. The molecule has 0 aliphatic carbocycles. The van der Waals surface area contributed by atoms with Crippen molar-refractivity contribution in [2.45, 2.75) is 44.2 Å². The number of carbonyl (C=O) groups is 4. The number of fused-ring (bicyclic) bond motifs is 1. The van der Waals surface area contributed by atoms with Crippen LogP contribution in [0.15, 0.2) is 46.6 Å². The van der Waals surface area contributed by atoms with Crippen LogP contribution in [-0.2, 0) is 35.4 Å². The number of amides is 3. The number of hydrogen-bond donors (Lipinski definition) is 2. The molecule has 3 amide bonds. The standard InChI is InChI=1S/C25H26N6O8S2/c1-2-3-4-10-39-29-19(17-13-41-25(27-17)26-14-32)21(33)28-20-22(34)30-18(9-11-40-23(20)30)24(35)38-12-15-5-7-16(8-6-15)31(36)37/h5-9,13-14,20,23H,2-4,10-12H2,1H3,(H,28,33)(H,26,27,32)/t20?,23-/m1/s1. The predicted octanol–water partition coefficient (Wildman–Crippen LogP) is 2.56. The molecule has 2 aromatic rings. The van der Waals surface area contributed by atoms with Gasteiger partial charge in [0.05, 0.1) is 4.92 Å². The van der Waals surface area contributed by atoms with Gasteiger partial charge < -0.3 is 20.2 Å². The number of nitrogens with zero attached hydrogens (tertiary/aromatic N) is 4. The number of non-ortho nitro benzene ring substituents is 1. The SMILES string of the molecule is CCCCCON=C(C(=O)NC1C(=O)N2C(C(=O)OCc3ccc([N+](=O)[O-])cc3)=CCS[C@H]12)c1csc(NC=O)n1. The summed E-state index contributed by atoms with van der Waals surface area (Å²) in [6.07, 6.45) is 4.69. The van der Waals surface area contributed by atoms with Gasteiger partial charge in [0.2, 0.25) is 6.41 Å². The number of unbranched alkanes of at least 4 members (excludes halogenated alkanes) is 2. The van der Waals surface area contributed by atoms with Crippen LogP contribution in [0, 0.1) is 10.1 Å². The van der Waals surface area contributed by atoms with E-state index in [4.69, 9.17) is 9.57 Å². The molecule has 0 radical (unpaired) electrons. The molecule has 14 nitrogen and oxygen atoms in total. The first kappa shape index (κ1) is 29.7. The Morgan fingerprint density at radius 2 is 2.07 bits per heavy atom. The van der Waals surface area contributed by atoms with Gasteiger partial charge in [-0.2, -0.15) is 0 Å². The van der Waals surface area contributed by atoms with Crippen molar-refractivity contribution in [1.29, 1.82) is 0 Å². The highest BCUT2D eigenvalue weighted by Gasteiger charge is 2.53. The summed E-state index contributed by atoms with van der Waals surface area (Å²) in [6, 6.07) is 4.64. The largest absolute Gasteiger partial charge is 0.456 e. The number of nitrogens with one attached hydrogen (secondary N) is 2. The Morgan fingerprint density at radius 3 is 2.78 bits per heavy atom. The molecular formula is C25H26N6O8S2. The van der Waals surface area contributed by atoms with E-state index in [1.807, 2.05) is 6.92 Å². The van der Waals surface area contributed by atoms with Gasteiger partial charge in [0.1, 0.15) is 36.0 Å². The number of anilines is 1. The highest BCUT2D eigenvalue weighted by atomic mass is 32.2. The molecule has 2 N–H and O–H groups in total. The Balaban J connectivity index is 1.39. The number of hydrogen-bond acceptors (Lipinski definition) is 12. The minimum atomic E-state index is -0.935. The van der Waals surface area contributed by atoms with Crippen molar-refractivity contribution in [3.8, 4) is 0 Å². The number of thiazole rings is 1. The number of nitro benzene ring substituents is 1. The molecule has 4 rings (SSSR count). The molecule has 2 aliphatic heterocycles. The Kier molecular flexibility index (Phi) is 10.0. The lowest BCUT2D eigenvalue weighted by atomic mass is 10.0. The fraction of sp³-hybridized carbons (Fsp3) is 0.360. The summed E-state index contributed by atoms with van der Waals surface area (Å²) < 4.78 is 5.33. The van der Waals surface area contributed by atoms with E-state index in [2.05, 4.69) is 20.8 Å². The zero-order valence-electron chi connectivity index (χ0n) is 21.8. The minimum Gasteiger partial charge on any atom is -0.456 e. The average molecular weight is 603 g/mol. The van der Waals surface area contributed by atoms with E-state index in [9.17, 15) is 29.3 Å². The summed E-state index contributed by atoms with van der Waals surface area (Å²) in [5.74, 6) is -1.53.